The Morgan fingerprint density at radius 3 is 2.97 bits per heavy atom. The van der Waals surface area contributed by atoms with Gasteiger partial charge in [0.1, 0.15) is 11.8 Å². The van der Waals surface area contributed by atoms with E-state index in [9.17, 15) is 4.79 Å². The summed E-state index contributed by atoms with van der Waals surface area (Å²) in [5.74, 6) is 1.44. The van der Waals surface area contributed by atoms with Crippen LogP contribution in [0.1, 0.15) is 11.9 Å². The number of hydrogen-bond acceptors (Lipinski definition) is 7. The summed E-state index contributed by atoms with van der Waals surface area (Å²) in [5.41, 5.74) is 2.58. The van der Waals surface area contributed by atoms with Crippen LogP contribution in [-0.2, 0) is 4.79 Å². The van der Waals surface area contributed by atoms with E-state index in [0.717, 1.165) is 23.1 Å². The molecule has 0 saturated carbocycles. The van der Waals surface area contributed by atoms with Gasteiger partial charge in [0, 0.05) is 25.2 Å². The minimum atomic E-state index is -0.332. The number of nitrogens with one attached hydrogen (secondary N) is 1. The molecule has 5 rings (SSSR count). The molecule has 2 aromatic carbocycles. The summed E-state index contributed by atoms with van der Waals surface area (Å²) < 4.78 is 11.3. The third-order valence-electron chi connectivity index (χ3n) is 5.42. The molecule has 4 aromatic rings. The van der Waals surface area contributed by atoms with E-state index in [1.54, 1.807) is 11.2 Å². The van der Waals surface area contributed by atoms with Crippen LogP contribution in [0.15, 0.2) is 59.4 Å². The van der Waals surface area contributed by atoms with Gasteiger partial charge in [0.25, 0.3) is 11.8 Å². The quantitative estimate of drug-likeness (QED) is 0.531. The SMILES string of the molecule is CN1CCN(C(=O)COc2ccccc2)[C@@H](c2nc(-c3ccc4[nH]cnc4c3)no2)C1. The summed E-state index contributed by atoms with van der Waals surface area (Å²) in [6, 6.07) is 14.7. The van der Waals surface area contributed by atoms with E-state index in [-0.39, 0.29) is 18.6 Å². The summed E-state index contributed by atoms with van der Waals surface area (Å²) in [7, 11) is 2.01. The largest absolute Gasteiger partial charge is 0.484 e. The number of rotatable bonds is 5. The van der Waals surface area contributed by atoms with Crippen LogP contribution in [0.25, 0.3) is 22.4 Å². The number of nitrogens with zero attached hydrogens (tertiary/aromatic N) is 5. The molecule has 0 bridgehead atoms. The Kier molecular flexibility index (Phi) is 5.09. The third-order valence-corrected chi connectivity index (χ3v) is 5.42. The smallest absolute Gasteiger partial charge is 0.261 e. The number of carbonyl (C=O) groups is 1. The predicted octanol–water partition coefficient (Wildman–Crippen LogP) is 2.51. The monoisotopic (exact) mass is 418 g/mol. The van der Waals surface area contributed by atoms with E-state index in [0.29, 0.717) is 30.6 Å². The number of fused-ring (bicyclic) bond motifs is 1. The second-order valence-electron chi connectivity index (χ2n) is 7.56. The minimum absolute atomic E-state index is 0.0406. The highest BCUT2D eigenvalue weighted by molar-refractivity contribution is 5.80. The van der Waals surface area contributed by atoms with E-state index in [2.05, 4.69) is 25.0 Å². The Morgan fingerprint density at radius 1 is 1.23 bits per heavy atom. The predicted molar refractivity (Wildman–Crippen MR) is 113 cm³/mol. The second-order valence-corrected chi connectivity index (χ2v) is 7.56. The van der Waals surface area contributed by atoms with Crippen LogP contribution in [0.4, 0.5) is 0 Å². The fourth-order valence-corrected chi connectivity index (χ4v) is 3.73. The fraction of sp³-hybridized carbons (Fsp3) is 0.273. The molecule has 158 valence electrons. The molecule has 1 fully saturated rings. The van der Waals surface area contributed by atoms with Gasteiger partial charge in [0.15, 0.2) is 6.61 Å². The van der Waals surface area contributed by atoms with Crippen LogP contribution < -0.4 is 4.74 Å². The van der Waals surface area contributed by atoms with E-state index in [4.69, 9.17) is 9.26 Å². The summed E-state index contributed by atoms with van der Waals surface area (Å²) in [6.45, 7) is 1.90. The molecule has 1 aliphatic heterocycles. The number of H-pyrrole nitrogens is 1. The molecule has 3 heterocycles. The van der Waals surface area contributed by atoms with E-state index in [1.807, 2.05) is 55.6 Å². The average Bonchev–Trinajstić information content (AvgIpc) is 3.47. The molecular weight excluding hydrogens is 396 g/mol. The Morgan fingerprint density at radius 2 is 2.10 bits per heavy atom. The Balaban J connectivity index is 1.35. The lowest BCUT2D eigenvalue weighted by atomic mass is 10.1. The van der Waals surface area contributed by atoms with Gasteiger partial charge in [-0.1, -0.05) is 23.4 Å². The van der Waals surface area contributed by atoms with Gasteiger partial charge in [0.2, 0.25) is 5.82 Å². The van der Waals surface area contributed by atoms with Crippen molar-refractivity contribution in [3.63, 3.8) is 0 Å². The zero-order valence-corrected chi connectivity index (χ0v) is 17.1. The molecule has 9 heteroatoms. The van der Waals surface area contributed by atoms with E-state index in [1.165, 1.54) is 0 Å². The van der Waals surface area contributed by atoms with Crippen molar-refractivity contribution in [2.45, 2.75) is 6.04 Å². The van der Waals surface area contributed by atoms with Crippen LogP contribution in [0.2, 0.25) is 0 Å². The first-order valence-electron chi connectivity index (χ1n) is 10.1. The topological polar surface area (TPSA) is 100 Å². The maximum Gasteiger partial charge on any atom is 0.261 e. The highest BCUT2D eigenvalue weighted by atomic mass is 16.5. The number of likely N-dealkylation sites (N-methyl/N-ethyl adjacent to an activating group) is 1. The molecule has 1 N–H and O–H groups in total. The van der Waals surface area contributed by atoms with Crippen LogP contribution in [-0.4, -0.2) is 69.1 Å². The number of piperazine rings is 1. The molecule has 0 aliphatic carbocycles. The van der Waals surface area contributed by atoms with E-state index < -0.39 is 0 Å². The molecule has 1 atom stereocenters. The molecule has 1 amide bonds. The standard InChI is InChI=1S/C22H22N6O3/c1-27-9-10-28(20(29)13-30-16-5-3-2-4-6-16)19(12-27)22-25-21(26-31-22)15-7-8-17-18(11-15)24-14-23-17/h2-8,11,14,19H,9-10,12-13H2,1H3,(H,23,24)/t19-/m1/s1. The molecule has 2 aromatic heterocycles. The number of para-hydroxylation sites is 1. The highest BCUT2D eigenvalue weighted by Crippen LogP contribution is 2.27. The lowest BCUT2D eigenvalue weighted by Gasteiger charge is -2.37. The first kappa shape index (κ1) is 19.3. The lowest BCUT2D eigenvalue weighted by Crippen LogP contribution is -2.50. The van der Waals surface area contributed by atoms with Gasteiger partial charge in [-0.15, -0.1) is 0 Å². The number of benzene rings is 2. The number of amides is 1. The lowest BCUT2D eigenvalue weighted by molar-refractivity contribution is -0.139. The summed E-state index contributed by atoms with van der Waals surface area (Å²) in [6.07, 6.45) is 1.65. The molecule has 1 saturated heterocycles. The summed E-state index contributed by atoms with van der Waals surface area (Å²) in [4.78, 5) is 28.8. The molecule has 0 spiro atoms. The van der Waals surface area contributed by atoms with Gasteiger partial charge in [-0.05, 0) is 37.4 Å². The first-order valence-corrected chi connectivity index (χ1v) is 10.1. The normalized spacial score (nSPS) is 17.2. The average molecular weight is 418 g/mol. The number of aromatic nitrogens is 4. The minimum Gasteiger partial charge on any atom is -0.484 e. The Labute approximate surface area is 178 Å². The van der Waals surface area contributed by atoms with Crippen molar-refractivity contribution < 1.29 is 14.1 Å². The number of imidazole rings is 1. The van der Waals surface area contributed by atoms with Gasteiger partial charge < -0.3 is 24.0 Å². The van der Waals surface area contributed by atoms with Crippen molar-refractivity contribution in [2.75, 3.05) is 33.3 Å². The number of aromatic amines is 1. The van der Waals surface area contributed by atoms with Gasteiger partial charge in [-0.25, -0.2) is 4.98 Å². The zero-order valence-electron chi connectivity index (χ0n) is 17.1. The maximum absolute atomic E-state index is 12.9. The molecule has 0 radical (unpaired) electrons. The van der Waals surface area contributed by atoms with Crippen molar-refractivity contribution in [3.8, 4) is 17.1 Å². The maximum atomic E-state index is 12.9. The number of hydrogen-bond donors (Lipinski definition) is 1. The summed E-state index contributed by atoms with van der Waals surface area (Å²) in [5, 5.41) is 4.15. The van der Waals surface area contributed by atoms with Gasteiger partial charge in [0.05, 0.1) is 17.4 Å². The summed E-state index contributed by atoms with van der Waals surface area (Å²) >= 11 is 0. The highest BCUT2D eigenvalue weighted by Gasteiger charge is 2.34. The van der Waals surface area contributed by atoms with Crippen molar-refractivity contribution >= 4 is 16.9 Å². The molecule has 9 nitrogen and oxygen atoms in total. The van der Waals surface area contributed by atoms with Crippen molar-refractivity contribution in [1.29, 1.82) is 0 Å². The van der Waals surface area contributed by atoms with E-state index >= 15 is 0 Å². The van der Waals surface area contributed by atoms with Crippen molar-refractivity contribution in [3.05, 3.63) is 60.7 Å². The van der Waals surface area contributed by atoms with Crippen molar-refractivity contribution in [1.82, 2.24) is 29.9 Å². The third kappa shape index (κ3) is 3.99. The van der Waals surface area contributed by atoms with Gasteiger partial charge in [-0.3, -0.25) is 4.79 Å². The van der Waals surface area contributed by atoms with Crippen LogP contribution >= 0.6 is 0 Å². The zero-order chi connectivity index (χ0) is 21.2. The van der Waals surface area contributed by atoms with Crippen molar-refractivity contribution in [2.24, 2.45) is 0 Å². The molecule has 1 aliphatic rings. The molecule has 0 unspecified atom stereocenters. The molecule has 31 heavy (non-hydrogen) atoms. The number of ether oxygens (including phenoxy) is 1. The second kappa shape index (κ2) is 8.19. The van der Waals surface area contributed by atoms with Crippen LogP contribution in [0, 0.1) is 0 Å². The van der Waals surface area contributed by atoms with Crippen LogP contribution in [0.5, 0.6) is 5.75 Å². The molecular formula is C22H22N6O3. The Bertz CT molecular complexity index is 1190. The number of carbonyl (C=O) groups excluding carboxylic acids is 1. The first-order chi connectivity index (χ1) is 15.2. The van der Waals surface area contributed by atoms with Gasteiger partial charge in [-0.2, -0.15) is 4.98 Å². The fourth-order valence-electron chi connectivity index (χ4n) is 3.73. The Hall–Kier alpha value is -3.72. The van der Waals surface area contributed by atoms with Crippen LogP contribution in [0.3, 0.4) is 0 Å². The van der Waals surface area contributed by atoms with Gasteiger partial charge >= 0.3 is 0 Å².